The average Bonchev–Trinajstić information content (AvgIpc) is 2.56. The molecule has 0 unspecified atom stereocenters. The molecule has 2 heterocycles. The number of ether oxygens (including phenoxy) is 1. The summed E-state index contributed by atoms with van der Waals surface area (Å²) in [6.45, 7) is 0.808. The first-order valence-electron chi connectivity index (χ1n) is 5.30. The lowest BCUT2D eigenvalue weighted by Gasteiger charge is -1.99. The molecule has 0 aliphatic carbocycles. The van der Waals surface area contributed by atoms with E-state index in [1.807, 2.05) is 6.20 Å². The molecule has 2 aromatic rings. The zero-order valence-electron chi connectivity index (χ0n) is 9.53. The molecular formula is C12H15BrN2O. The van der Waals surface area contributed by atoms with Crippen LogP contribution in [0.25, 0.3) is 10.9 Å². The van der Waals surface area contributed by atoms with Crippen molar-refractivity contribution in [2.75, 3.05) is 13.7 Å². The maximum Gasteiger partial charge on any atom is 0.106 e. The fourth-order valence-electron chi connectivity index (χ4n) is 1.94. The normalized spacial score (nSPS) is 11.2. The third kappa shape index (κ3) is 2.28. The van der Waals surface area contributed by atoms with E-state index in [9.17, 15) is 0 Å². The predicted octanol–water partition coefficient (Wildman–Crippen LogP) is 2.91. The number of aromatic nitrogens is 2. The van der Waals surface area contributed by atoms with Crippen molar-refractivity contribution in [1.29, 1.82) is 0 Å². The highest BCUT2D eigenvalue weighted by Gasteiger charge is 2.07. The number of halogens is 1. The first kappa shape index (κ1) is 11.6. The summed E-state index contributed by atoms with van der Waals surface area (Å²) >= 11 is 3.41. The maximum atomic E-state index is 5.08. The number of hydrogen-bond acceptors (Lipinski definition) is 2. The van der Waals surface area contributed by atoms with Gasteiger partial charge in [-0.3, -0.25) is 0 Å². The molecule has 0 aliphatic heterocycles. The van der Waals surface area contributed by atoms with Crippen LogP contribution >= 0.6 is 15.9 Å². The Labute approximate surface area is 104 Å². The molecule has 16 heavy (non-hydrogen) atoms. The summed E-state index contributed by atoms with van der Waals surface area (Å²) in [6.07, 6.45) is 6.17. The van der Waals surface area contributed by atoms with E-state index in [2.05, 4.69) is 44.8 Å². The monoisotopic (exact) mass is 282 g/mol. The molecule has 0 radical (unpaired) electrons. The summed E-state index contributed by atoms with van der Waals surface area (Å²) < 4.78 is 8.09. The fraction of sp³-hybridized carbons (Fsp3) is 0.417. The zero-order chi connectivity index (χ0) is 11.5. The van der Waals surface area contributed by atoms with Crippen molar-refractivity contribution in [2.24, 2.45) is 7.05 Å². The van der Waals surface area contributed by atoms with Crippen molar-refractivity contribution in [3.05, 3.63) is 28.6 Å². The van der Waals surface area contributed by atoms with Gasteiger partial charge in [0, 0.05) is 32.3 Å². The second-order valence-corrected chi connectivity index (χ2v) is 4.70. The Morgan fingerprint density at radius 3 is 3.06 bits per heavy atom. The van der Waals surface area contributed by atoms with Gasteiger partial charge in [0.25, 0.3) is 0 Å². The summed E-state index contributed by atoms with van der Waals surface area (Å²) in [4.78, 5) is 4.25. The minimum Gasteiger partial charge on any atom is -0.385 e. The fourth-order valence-corrected chi connectivity index (χ4v) is 2.27. The minimum absolute atomic E-state index is 0.808. The van der Waals surface area contributed by atoms with Crippen molar-refractivity contribution in [1.82, 2.24) is 9.55 Å². The van der Waals surface area contributed by atoms with Crippen LogP contribution in [0.3, 0.4) is 0 Å². The van der Waals surface area contributed by atoms with E-state index in [0.29, 0.717) is 0 Å². The van der Waals surface area contributed by atoms with Gasteiger partial charge in [-0.05, 0) is 40.4 Å². The first-order valence-corrected chi connectivity index (χ1v) is 6.10. The lowest BCUT2D eigenvalue weighted by molar-refractivity contribution is 0.195. The number of pyridine rings is 1. The van der Waals surface area contributed by atoms with Gasteiger partial charge in [-0.15, -0.1) is 0 Å². The predicted molar refractivity (Wildman–Crippen MR) is 68.6 cm³/mol. The van der Waals surface area contributed by atoms with E-state index in [1.165, 1.54) is 16.5 Å². The molecule has 0 fully saturated rings. The lowest BCUT2D eigenvalue weighted by atomic mass is 10.1. The number of nitrogens with zero attached hydrogens (tertiary/aromatic N) is 2. The molecule has 2 aromatic heterocycles. The van der Waals surface area contributed by atoms with Gasteiger partial charge in [-0.25, -0.2) is 4.98 Å². The standard InChI is InChI=1S/C12H15BrN2O/c1-15-8-9(4-3-5-16-2)10-6-12(13)14-7-11(10)15/h6-8H,3-5H2,1-2H3. The third-order valence-electron chi connectivity index (χ3n) is 2.72. The SMILES string of the molecule is COCCCc1cn(C)c2cnc(Br)cc12. The van der Waals surface area contributed by atoms with Crippen molar-refractivity contribution in [2.45, 2.75) is 12.8 Å². The summed E-state index contributed by atoms with van der Waals surface area (Å²) in [5, 5.41) is 1.28. The van der Waals surface area contributed by atoms with Crippen LogP contribution < -0.4 is 0 Å². The van der Waals surface area contributed by atoms with Gasteiger partial charge < -0.3 is 9.30 Å². The summed E-state index contributed by atoms with van der Waals surface area (Å²) in [6, 6.07) is 2.08. The lowest BCUT2D eigenvalue weighted by Crippen LogP contribution is -1.91. The Bertz CT molecular complexity index is 493. The van der Waals surface area contributed by atoms with E-state index in [0.717, 1.165) is 24.1 Å². The first-order chi connectivity index (χ1) is 7.72. The quantitative estimate of drug-likeness (QED) is 0.637. The van der Waals surface area contributed by atoms with Gasteiger partial charge in [0.2, 0.25) is 0 Å². The highest BCUT2D eigenvalue weighted by atomic mass is 79.9. The Hall–Kier alpha value is -0.870. The smallest absolute Gasteiger partial charge is 0.106 e. The van der Waals surface area contributed by atoms with E-state index in [-0.39, 0.29) is 0 Å². The summed E-state index contributed by atoms with van der Waals surface area (Å²) in [5.41, 5.74) is 2.54. The van der Waals surface area contributed by atoms with Crippen LogP contribution in [0.4, 0.5) is 0 Å². The maximum absolute atomic E-state index is 5.08. The second-order valence-electron chi connectivity index (χ2n) is 3.89. The molecule has 0 saturated heterocycles. The van der Waals surface area contributed by atoms with Crippen LogP contribution in [0.2, 0.25) is 0 Å². The molecule has 0 N–H and O–H groups in total. The van der Waals surface area contributed by atoms with Gasteiger partial charge in [-0.2, -0.15) is 0 Å². The number of fused-ring (bicyclic) bond motifs is 1. The van der Waals surface area contributed by atoms with Crippen molar-refractivity contribution in [3.8, 4) is 0 Å². The molecule has 0 bridgehead atoms. The number of rotatable bonds is 4. The topological polar surface area (TPSA) is 27.1 Å². The highest BCUT2D eigenvalue weighted by Crippen LogP contribution is 2.23. The molecule has 0 amide bonds. The van der Waals surface area contributed by atoms with E-state index in [1.54, 1.807) is 7.11 Å². The van der Waals surface area contributed by atoms with Crippen molar-refractivity contribution >= 4 is 26.8 Å². The molecule has 86 valence electrons. The number of hydrogen-bond donors (Lipinski definition) is 0. The van der Waals surface area contributed by atoms with Crippen LogP contribution in [0.5, 0.6) is 0 Å². The van der Waals surface area contributed by atoms with Crippen LogP contribution in [-0.2, 0) is 18.2 Å². The molecule has 2 rings (SSSR count). The molecular weight excluding hydrogens is 268 g/mol. The zero-order valence-corrected chi connectivity index (χ0v) is 11.1. The second kappa shape index (κ2) is 4.97. The molecule has 4 heteroatoms. The van der Waals surface area contributed by atoms with Gasteiger partial charge in [-0.1, -0.05) is 0 Å². The molecule has 0 aromatic carbocycles. The number of methoxy groups -OCH3 is 1. The van der Waals surface area contributed by atoms with Gasteiger partial charge >= 0.3 is 0 Å². The van der Waals surface area contributed by atoms with Crippen LogP contribution in [0, 0.1) is 0 Å². The highest BCUT2D eigenvalue weighted by molar-refractivity contribution is 9.10. The molecule has 0 saturated carbocycles. The van der Waals surface area contributed by atoms with E-state index in [4.69, 9.17) is 4.74 Å². The number of aryl methyl sites for hydroxylation is 2. The van der Waals surface area contributed by atoms with E-state index >= 15 is 0 Å². The molecule has 3 nitrogen and oxygen atoms in total. The van der Waals surface area contributed by atoms with E-state index < -0.39 is 0 Å². The minimum atomic E-state index is 0.808. The van der Waals surface area contributed by atoms with Gasteiger partial charge in [0.1, 0.15) is 4.60 Å². The van der Waals surface area contributed by atoms with Crippen molar-refractivity contribution < 1.29 is 4.74 Å². The molecule has 0 atom stereocenters. The largest absolute Gasteiger partial charge is 0.385 e. The van der Waals surface area contributed by atoms with Gasteiger partial charge in [0.15, 0.2) is 0 Å². The Balaban J connectivity index is 2.33. The van der Waals surface area contributed by atoms with Crippen LogP contribution in [0.1, 0.15) is 12.0 Å². The third-order valence-corrected chi connectivity index (χ3v) is 3.15. The average molecular weight is 283 g/mol. The van der Waals surface area contributed by atoms with Crippen LogP contribution in [-0.4, -0.2) is 23.3 Å². The summed E-state index contributed by atoms with van der Waals surface area (Å²) in [5.74, 6) is 0. The van der Waals surface area contributed by atoms with Crippen LogP contribution in [0.15, 0.2) is 23.1 Å². The Morgan fingerprint density at radius 2 is 2.31 bits per heavy atom. The molecule has 0 spiro atoms. The van der Waals surface area contributed by atoms with Crippen molar-refractivity contribution in [3.63, 3.8) is 0 Å². The van der Waals surface area contributed by atoms with Gasteiger partial charge in [0.05, 0.1) is 11.7 Å². The summed E-state index contributed by atoms with van der Waals surface area (Å²) in [7, 11) is 3.79. The molecule has 0 aliphatic rings. The Morgan fingerprint density at radius 1 is 1.50 bits per heavy atom. The Kier molecular flexibility index (Phi) is 3.61.